The molecule has 25 heavy (non-hydrogen) atoms. The average molecular weight is 363 g/mol. The van der Waals surface area contributed by atoms with E-state index in [9.17, 15) is 17.2 Å². The molecule has 0 aliphatic heterocycles. The number of aromatic nitrogens is 2. The summed E-state index contributed by atoms with van der Waals surface area (Å²) < 4.78 is 49.8. The van der Waals surface area contributed by atoms with Gasteiger partial charge in [-0.3, -0.25) is 0 Å². The van der Waals surface area contributed by atoms with Crippen molar-refractivity contribution in [3.05, 3.63) is 59.9 Å². The van der Waals surface area contributed by atoms with Crippen molar-refractivity contribution in [1.82, 2.24) is 9.97 Å². The molecule has 8 heteroatoms. The fourth-order valence-corrected chi connectivity index (χ4v) is 3.13. The van der Waals surface area contributed by atoms with Gasteiger partial charge in [0.05, 0.1) is 10.4 Å². The summed E-state index contributed by atoms with van der Waals surface area (Å²) in [6.07, 6.45) is 2.88. The molecule has 5 nitrogen and oxygen atoms in total. The lowest BCUT2D eigenvalue weighted by Gasteiger charge is -2.09. The van der Waals surface area contributed by atoms with Gasteiger partial charge >= 0.3 is 0 Å². The highest BCUT2D eigenvalue weighted by atomic mass is 32.2. The van der Waals surface area contributed by atoms with Crippen LogP contribution in [0, 0.1) is 11.6 Å². The maximum Gasteiger partial charge on any atom is 0.175 e. The minimum Gasteiger partial charge on any atom is -0.369 e. The van der Waals surface area contributed by atoms with Crippen molar-refractivity contribution in [2.75, 3.05) is 18.1 Å². The van der Waals surface area contributed by atoms with E-state index in [1.165, 1.54) is 30.6 Å². The number of fused-ring (bicyclic) bond motifs is 1. The largest absolute Gasteiger partial charge is 0.369 e. The monoisotopic (exact) mass is 363 g/mol. The molecule has 2 aromatic carbocycles. The van der Waals surface area contributed by atoms with E-state index < -0.39 is 21.5 Å². The van der Waals surface area contributed by atoms with Gasteiger partial charge in [-0.1, -0.05) is 0 Å². The maximum atomic E-state index is 13.2. The molecular weight excluding hydrogens is 348 g/mol. The first-order chi connectivity index (χ1) is 11.8. The third-order valence-electron chi connectivity index (χ3n) is 3.66. The van der Waals surface area contributed by atoms with Gasteiger partial charge in [-0.05, 0) is 42.3 Å². The van der Waals surface area contributed by atoms with Crippen molar-refractivity contribution >= 4 is 26.6 Å². The Kier molecular flexibility index (Phi) is 4.63. The molecule has 1 heterocycles. The Balaban J connectivity index is 1.83. The van der Waals surface area contributed by atoms with Crippen molar-refractivity contribution in [3.63, 3.8) is 0 Å². The Morgan fingerprint density at radius 2 is 1.76 bits per heavy atom. The van der Waals surface area contributed by atoms with Crippen molar-refractivity contribution in [1.29, 1.82) is 0 Å². The van der Waals surface area contributed by atoms with E-state index in [1.807, 2.05) is 0 Å². The number of rotatable bonds is 5. The Hall–Kier alpha value is -2.61. The van der Waals surface area contributed by atoms with Crippen LogP contribution in [0.4, 0.5) is 14.6 Å². The fraction of sp³-hybridized carbons (Fsp3) is 0.176. The predicted molar refractivity (Wildman–Crippen MR) is 91.2 cm³/mol. The molecule has 1 N–H and O–H groups in total. The van der Waals surface area contributed by atoms with Crippen LogP contribution in [-0.2, 0) is 16.3 Å². The van der Waals surface area contributed by atoms with Crippen molar-refractivity contribution in [2.45, 2.75) is 11.3 Å². The van der Waals surface area contributed by atoms with E-state index in [4.69, 9.17) is 0 Å². The summed E-state index contributed by atoms with van der Waals surface area (Å²) in [5.41, 5.74) is 1.11. The number of hydrogen-bond donors (Lipinski definition) is 1. The predicted octanol–water partition coefficient (Wildman–Crippen LogP) is 2.97. The van der Waals surface area contributed by atoms with E-state index in [1.54, 1.807) is 6.07 Å². The lowest BCUT2D eigenvalue weighted by molar-refractivity contribution is 0.580. The molecule has 0 atom stereocenters. The zero-order valence-electron chi connectivity index (χ0n) is 13.3. The molecule has 0 unspecified atom stereocenters. The van der Waals surface area contributed by atoms with Gasteiger partial charge in [-0.25, -0.2) is 27.2 Å². The SMILES string of the molecule is CS(=O)(=O)c1ccc2ncnc(NCCc3cc(F)cc(F)c3)c2c1. The average Bonchev–Trinajstić information content (AvgIpc) is 2.53. The van der Waals surface area contributed by atoms with Crippen LogP contribution in [0.1, 0.15) is 5.56 Å². The summed E-state index contributed by atoms with van der Waals surface area (Å²) >= 11 is 0. The molecule has 0 spiro atoms. The van der Waals surface area contributed by atoms with Gasteiger partial charge < -0.3 is 5.32 Å². The van der Waals surface area contributed by atoms with Gasteiger partial charge in [-0.2, -0.15) is 0 Å². The van der Waals surface area contributed by atoms with Crippen LogP contribution in [0.2, 0.25) is 0 Å². The molecule has 0 saturated heterocycles. The number of hydrogen-bond acceptors (Lipinski definition) is 5. The fourth-order valence-electron chi connectivity index (χ4n) is 2.49. The summed E-state index contributed by atoms with van der Waals surface area (Å²) in [5.74, 6) is -0.784. The molecule has 0 radical (unpaired) electrons. The Bertz CT molecular complexity index is 1020. The smallest absolute Gasteiger partial charge is 0.175 e. The molecule has 0 bridgehead atoms. The van der Waals surface area contributed by atoms with E-state index >= 15 is 0 Å². The van der Waals surface area contributed by atoms with Crippen LogP contribution in [0.15, 0.2) is 47.6 Å². The summed E-state index contributed by atoms with van der Waals surface area (Å²) in [6.45, 7) is 0.373. The molecule has 3 aromatic rings. The second-order valence-corrected chi connectivity index (χ2v) is 7.64. The number of halogens is 2. The van der Waals surface area contributed by atoms with Crippen molar-refractivity contribution in [3.8, 4) is 0 Å². The quantitative estimate of drug-likeness (QED) is 0.755. The number of sulfone groups is 1. The zero-order valence-corrected chi connectivity index (χ0v) is 14.1. The van der Waals surface area contributed by atoms with Gasteiger partial charge in [0.25, 0.3) is 0 Å². The van der Waals surface area contributed by atoms with Gasteiger partial charge in [0.2, 0.25) is 0 Å². The van der Waals surface area contributed by atoms with Crippen LogP contribution >= 0.6 is 0 Å². The van der Waals surface area contributed by atoms with Gasteiger partial charge in [-0.15, -0.1) is 0 Å². The standard InChI is InChI=1S/C17H15F2N3O2S/c1-25(23,24)14-2-3-16-15(9-14)17(22-10-21-16)20-5-4-11-6-12(18)8-13(19)7-11/h2-3,6-10H,4-5H2,1H3,(H,20,21,22). The summed E-state index contributed by atoms with van der Waals surface area (Å²) in [6, 6.07) is 7.97. The molecule has 3 rings (SSSR count). The maximum absolute atomic E-state index is 13.2. The minimum absolute atomic E-state index is 0.171. The number of benzene rings is 2. The first kappa shape index (κ1) is 17.2. The molecule has 0 aliphatic rings. The molecular formula is C17H15F2N3O2S. The van der Waals surface area contributed by atoms with Crippen molar-refractivity contribution < 1.29 is 17.2 Å². The first-order valence-electron chi connectivity index (χ1n) is 7.46. The first-order valence-corrected chi connectivity index (χ1v) is 9.36. The highest BCUT2D eigenvalue weighted by Gasteiger charge is 2.11. The molecule has 0 amide bonds. The van der Waals surface area contributed by atoms with E-state index in [-0.39, 0.29) is 4.90 Å². The summed E-state index contributed by atoms with van der Waals surface area (Å²) in [7, 11) is -3.35. The number of anilines is 1. The minimum atomic E-state index is -3.35. The third kappa shape index (κ3) is 4.08. The Morgan fingerprint density at radius 3 is 2.44 bits per heavy atom. The summed E-state index contributed by atoms with van der Waals surface area (Å²) in [4.78, 5) is 8.41. The topological polar surface area (TPSA) is 72.0 Å². The lowest BCUT2D eigenvalue weighted by Crippen LogP contribution is -2.08. The number of nitrogens with zero attached hydrogens (tertiary/aromatic N) is 2. The Morgan fingerprint density at radius 1 is 1.04 bits per heavy atom. The van der Waals surface area contributed by atoms with Gasteiger partial charge in [0.15, 0.2) is 9.84 Å². The second kappa shape index (κ2) is 6.72. The Labute approximate surface area is 143 Å². The van der Waals surface area contributed by atoms with Crippen LogP contribution < -0.4 is 5.32 Å². The van der Waals surface area contributed by atoms with E-state index in [2.05, 4.69) is 15.3 Å². The second-order valence-electron chi connectivity index (χ2n) is 5.63. The van der Waals surface area contributed by atoms with Crippen LogP contribution in [-0.4, -0.2) is 31.2 Å². The van der Waals surface area contributed by atoms with E-state index in [0.29, 0.717) is 35.2 Å². The van der Waals surface area contributed by atoms with Crippen LogP contribution in [0.3, 0.4) is 0 Å². The normalized spacial score (nSPS) is 11.6. The molecule has 1 aromatic heterocycles. The lowest BCUT2D eigenvalue weighted by atomic mass is 10.1. The number of nitrogens with one attached hydrogen (secondary N) is 1. The van der Waals surface area contributed by atoms with Crippen LogP contribution in [0.25, 0.3) is 10.9 Å². The molecule has 0 aliphatic carbocycles. The van der Waals surface area contributed by atoms with Crippen molar-refractivity contribution in [2.24, 2.45) is 0 Å². The third-order valence-corrected chi connectivity index (χ3v) is 4.77. The van der Waals surface area contributed by atoms with Gasteiger partial charge in [0.1, 0.15) is 23.8 Å². The van der Waals surface area contributed by atoms with E-state index in [0.717, 1.165) is 12.3 Å². The molecule has 130 valence electrons. The summed E-state index contributed by atoms with van der Waals surface area (Å²) in [5, 5.41) is 3.63. The van der Waals surface area contributed by atoms with Crippen LogP contribution in [0.5, 0.6) is 0 Å². The van der Waals surface area contributed by atoms with Gasteiger partial charge in [0, 0.05) is 24.3 Å². The molecule has 0 fully saturated rings. The zero-order chi connectivity index (χ0) is 18.0. The molecule has 0 saturated carbocycles. The highest BCUT2D eigenvalue weighted by molar-refractivity contribution is 7.90. The highest BCUT2D eigenvalue weighted by Crippen LogP contribution is 2.23.